The standard InChI is InChI=1S/C14H11NO3/c1-9(16)10-6-11(8-12(7-10)14(17)18)13-4-2-3-5-15-13/h2-8H,1H3,(H,17,18). The molecule has 0 unspecified atom stereocenters. The number of carbonyl (C=O) groups is 2. The molecule has 4 heteroatoms. The lowest BCUT2D eigenvalue weighted by Crippen LogP contribution is -2.01. The summed E-state index contributed by atoms with van der Waals surface area (Å²) < 4.78 is 0. The summed E-state index contributed by atoms with van der Waals surface area (Å²) in [6.07, 6.45) is 1.62. The fraction of sp³-hybridized carbons (Fsp3) is 0.0714. The zero-order valence-electron chi connectivity index (χ0n) is 9.75. The van der Waals surface area contributed by atoms with E-state index in [0.717, 1.165) is 0 Å². The topological polar surface area (TPSA) is 67.3 Å². The lowest BCUT2D eigenvalue weighted by atomic mass is 10.0. The average molecular weight is 241 g/mol. The van der Waals surface area contributed by atoms with Gasteiger partial charge in [-0.3, -0.25) is 9.78 Å². The van der Waals surface area contributed by atoms with Crippen LogP contribution in [0.2, 0.25) is 0 Å². The zero-order valence-corrected chi connectivity index (χ0v) is 9.75. The molecule has 1 aromatic heterocycles. The molecule has 1 N–H and O–H groups in total. The van der Waals surface area contributed by atoms with Gasteiger partial charge in [0.2, 0.25) is 0 Å². The van der Waals surface area contributed by atoms with E-state index in [1.54, 1.807) is 24.4 Å². The first kappa shape index (κ1) is 12.0. The van der Waals surface area contributed by atoms with Gasteiger partial charge in [0.1, 0.15) is 0 Å². The van der Waals surface area contributed by atoms with Gasteiger partial charge in [-0.2, -0.15) is 0 Å². The van der Waals surface area contributed by atoms with Crippen molar-refractivity contribution in [3.63, 3.8) is 0 Å². The largest absolute Gasteiger partial charge is 0.478 e. The summed E-state index contributed by atoms with van der Waals surface area (Å²) in [5.41, 5.74) is 1.72. The number of carbonyl (C=O) groups excluding carboxylic acids is 1. The van der Waals surface area contributed by atoms with Crippen molar-refractivity contribution < 1.29 is 14.7 Å². The molecule has 0 saturated heterocycles. The van der Waals surface area contributed by atoms with Crippen LogP contribution in [0.15, 0.2) is 42.6 Å². The number of Topliss-reactive ketones (excluding diaryl/α,β-unsaturated/α-hetero) is 1. The van der Waals surface area contributed by atoms with E-state index in [0.29, 0.717) is 16.8 Å². The number of carboxylic acids is 1. The van der Waals surface area contributed by atoms with Gasteiger partial charge in [-0.05, 0) is 37.3 Å². The minimum Gasteiger partial charge on any atom is -0.478 e. The van der Waals surface area contributed by atoms with Gasteiger partial charge in [-0.25, -0.2) is 4.79 Å². The molecular weight excluding hydrogens is 230 g/mol. The molecule has 0 amide bonds. The SMILES string of the molecule is CC(=O)c1cc(C(=O)O)cc(-c2ccccn2)c1. The molecule has 1 heterocycles. The Morgan fingerprint density at radius 2 is 1.83 bits per heavy atom. The number of hydrogen-bond donors (Lipinski definition) is 1. The predicted octanol–water partition coefficient (Wildman–Crippen LogP) is 2.65. The van der Waals surface area contributed by atoms with Crippen LogP contribution in [0.3, 0.4) is 0 Å². The van der Waals surface area contributed by atoms with Crippen LogP contribution in [-0.4, -0.2) is 21.8 Å². The monoisotopic (exact) mass is 241 g/mol. The summed E-state index contributed by atoms with van der Waals surface area (Å²) in [6, 6.07) is 9.88. The van der Waals surface area contributed by atoms with Crippen molar-refractivity contribution in [3.8, 4) is 11.3 Å². The number of rotatable bonds is 3. The molecule has 90 valence electrons. The van der Waals surface area contributed by atoms with Gasteiger partial charge in [0, 0.05) is 17.3 Å². The smallest absolute Gasteiger partial charge is 0.335 e. The Balaban J connectivity index is 2.61. The molecule has 0 bridgehead atoms. The van der Waals surface area contributed by atoms with Crippen molar-refractivity contribution in [2.45, 2.75) is 6.92 Å². The van der Waals surface area contributed by atoms with Gasteiger partial charge in [-0.15, -0.1) is 0 Å². The maximum Gasteiger partial charge on any atom is 0.335 e. The molecule has 0 fully saturated rings. The number of benzene rings is 1. The molecule has 0 saturated carbocycles. The minimum absolute atomic E-state index is 0.0864. The van der Waals surface area contributed by atoms with Crippen LogP contribution in [-0.2, 0) is 0 Å². The first-order valence-electron chi connectivity index (χ1n) is 5.38. The number of ketones is 1. The Morgan fingerprint density at radius 3 is 2.39 bits per heavy atom. The maximum absolute atomic E-state index is 11.4. The van der Waals surface area contributed by atoms with E-state index in [1.807, 2.05) is 6.07 Å². The highest BCUT2D eigenvalue weighted by molar-refractivity contribution is 5.99. The first-order valence-corrected chi connectivity index (χ1v) is 5.38. The van der Waals surface area contributed by atoms with Crippen molar-refractivity contribution in [1.82, 2.24) is 4.98 Å². The first-order chi connectivity index (χ1) is 8.58. The van der Waals surface area contributed by atoms with E-state index in [9.17, 15) is 9.59 Å². The number of hydrogen-bond acceptors (Lipinski definition) is 3. The minimum atomic E-state index is -1.06. The third-order valence-corrected chi connectivity index (χ3v) is 2.55. The number of pyridine rings is 1. The van der Waals surface area contributed by atoms with E-state index >= 15 is 0 Å². The average Bonchev–Trinajstić information content (AvgIpc) is 2.39. The Hall–Kier alpha value is -2.49. The van der Waals surface area contributed by atoms with Crippen molar-refractivity contribution in [1.29, 1.82) is 0 Å². The summed E-state index contributed by atoms with van der Waals surface area (Å²) in [5.74, 6) is -1.23. The van der Waals surface area contributed by atoms with Crippen molar-refractivity contribution >= 4 is 11.8 Å². The van der Waals surface area contributed by atoms with E-state index in [-0.39, 0.29) is 11.3 Å². The Bertz CT molecular complexity index is 573. The van der Waals surface area contributed by atoms with Gasteiger partial charge in [0.05, 0.1) is 11.3 Å². The fourth-order valence-electron chi connectivity index (χ4n) is 1.64. The predicted molar refractivity (Wildman–Crippen MR) is 66.6 cm³/mol. The van der Waals surface area contributed by atoms with Crippen LogP contribution in [0.5, 0.6) is 0 Å². The fourth-order valence-corrected chi connectivity index (χ4v) is 1.64. The van der Waals surface area contributed by atoms with Crippen LogP contribution < -0.4 is 0 Å². The Kier molecular flexibility index (Phi) is 3.19. The molecule has 0 aliphatic heterocycles. The molecule has 4 nitrogen and oxygen atoms in total. The van der Waals surface area contributed by atoms with Crippen LogP contribution in [0.1, 0.15) is 27.6 Å². The van der Waals surface area contributed by atoms with Crippen LogP contribution in [0, 0.1) is 0 Å². The van der Waals surface area contributed by atoms with E-state index < -0.39 is 5.97 Å². The second-order valence-corrected chi connectivity index (χ2v) is 3.88. The summed E-state index contributed by atoms with van der Waals surface area (Å²) in [7, 11) is 0. The molecule has 1 aromatic carbocycles. The number of nitrogens with zero attached hydrogens (tertiary/aromatic N) is 1. The van der Waals surface area contributed by atoms with E-state index in [4.69, 9.17) is 5.11 Å². The normalized spacial score (nSPS) is 10.1. The Morgan fingerprint density at radius 1 is 1.11 bits per heavy atom. The van der Waals surface area contributed by atoms with Gasteiger partial charge in [-0.1, -0.05) is 6.07 Å². The second kappa shape index (κ2) is 4.79. The Labute approximate surface area is 104 Å². The lowest BCUT2D eigenvalue weighted by Gasteiger charge is -2.05. The van der Waals surface area contributed by atoms with Crippen molar-refractivity contribution in [2.75, 3.05) is 0 Å². The highest BCUT2D eigenvalue weighted by Crippen LogP contribution is 2.21. The summed E-state index contributed by atoms with van der Waals surface area (Å²) in [4.78, 5) is 26.6. The van der Waals surface area contributed by atoms with Gasteiger partial charge >= 0.3 is 5.97 Å². The van der Waals surface area contributed by atoms with Crippen molar-refractivity contribution in [3.05, 3.63) is 53.7 Å². The lowest BCUT2D eigenvalue weighted by molar-refractivity contribution is 0.0697. The number of aromatic nitrogens is 1. The summed E-state index contributed by atoms with van der Waals surface area (Å²) in [6.45, 7) is 1.41. The molecule has 0 spiro atoms. The van der Waals surface area contributed by atoms with Crippen LogP contribution in [0.4, 0.5) is 0 Å². The van der Waals surface area contributed by atoms with Crippen LogP contribution in [0.25, 0.3) is 11.3 Å². The molecular formula is C14H11NO3. The van der Waals surface area contributed by atoms with Gasteiger partial charge < -0.3 is 5.11 Å². The molecule has 18 heavy (non-hydrogen) atoms. The summed E-state index contributed by atoms with van der Waals surface area (Å²) >= 11 is 0. The van der Waals surface area contributed by atoms with E-state index in [1.165, 1.54) is 19.1 Å². The van der Waals surface area contributed by atoms with Gasteiger partial charge in [0.25, 0.3) is 0 Å². The molecule has 0 radical (unpaired) electrons. The quantitative estimate of drug-likeness (QED) is 0.839. The number of aromatic carboxylic acids is 1. The third-order valence-electron chi connectivity index (χ3n) is 2.55. The van der Waals surface area contributed by atoms with Gasteiger partial charge in [0.15, 0.2) is 5.78 Å². The van der Waals surface area contributed by atoms with Crippen LogP contribution >= 0.6 is 0 Å². The second-order valence-electron chi connectivity index (χ2n) is 3.88. The van der Waals surface area contributed by atoms with Crippen molar-refractivity contribution in [2.24, 2.45) is 0 Å². The third kappa shape index (κ3) is 2.43. The molecule has 0 aliphatic carbocycles. The highest BCUT2D eigenvalue weighted by Gasteiger charge is 2.11. The summed E-state index contributed by atoms with van der Waals surface area (Å²) in [5, 5.41) is 9.03. The number of carboxylic acid groups (broad SMARTS) is 1. The molecule has 0 aliphatic rings. The zero-order chi connectivity index (χ0) is 13.1. The molecule has 2 aromatic rings. The molecule has 2 rings (SSSR count). The highest BCUT2D eigenvalue weighted by atomic mass is 16.4. The maximum atomic E-state index is 11.4. The van der Waals surface area contributed by atoms with E-state index in [2.05, 4.69) is 4.98 Å². The molecule has 0 atom stereocenters.